The Morgan fingerprint density at radius 3 is 2.60 bits per heavy atom. The molecule has 0 radical (unpaired) electrons. The van der Waals surface area contributed by atoms with Gasteiger partial charge in [0.05, 0.1) is 18.0 Å². The molecule has 7 nitrogen and oxygen atoms in total. The monoisotopic (exact) mass is 424 g/mol. The number of thioether (sulfide) groups is 1. The van der Waals surface area contributed by atoms with Crippen molar-refractivity contribution in [3.8, 4) is 11.4 Å². The maximum atomic E-state index is 12.2. The lowest BCUT2D eigenvalue weighted by Gasteiger charge is -2.12. The van der Waals surface area contributed by atoms with Gasteiger partial charge in [-0.05, 0) is 62.2 Å². The van der Waals surface area contributed by atoms with Crippen molar-refractivity contribution in [2.24, 2.45) is 0 Å². The molecule has 0 saturated carbocycles. The number of nitrogens with zero attached hydrogens (tertiary/aromatic N) is 2. The summed E-state index contributed by atoms with van der Waals surface area (Å²) < 4.78 is 7.31. The van der Waals surface area contributed by atoms with Crippen LogP contribution in [0.1, 0.15) is 28.4 Å². The summed E-state index contributed by atoms with van der Waals surface area (Å²) in [5, 5.41) is 0.705. The Balaban J connectivity index is 1.54. The van der Waals surface area contributed by atoms with E-state index in [0.29, 0.717) is 23.1 Å². The van der Waals surface area contributed by atoms with Crippen LogP contribution < -0.4 is 15.6 Å². The molecule has 0 fully saturated rings. The van der Waals surface area contributed by atoms with Crippen molar-refractivity contribution in [1.29, 1.82) is 0 Å². The van der Waals surface area contributed by atoms with E-state index < -0.39 is 5.91 Å². The standard InChI is InChI=1S/C22H24N4O3S/c1-4-29-18-10-8-17(9-11-18)21(28)25-24-20(27)14-30-22-23-12-13-26(22)19-7-5-6-15(2)16(19)3/h5-13H,4,14H2,1-3H3,(H,24,27)(H,25,28). The molecule has 3 rings (SSSR count). The van der Waals surface area contributed by atoms with Crippen molar-refractivity contribution in [3.05, 3.63) is 71.5 Å². The van der Waals surface area contributed by atoms with E-state index >= 15 is 0 Å². The second kappa shape index (κ2) is 9.98. The van der Waals surface area contributed by atoms with Crippen molar-refractivity contribution in [3.63, 3.8) is 0 Å². The van der Waals surface area contributed by atoms with Gasteiger partial charge in [0.25, 0.3) is 5.91 Å². The predicted molar refractivity (Wildman–Crippen MR) is 117 cm³/mol. The number of amides is 2. The van der Waals surface area contributed by atoms with Crippen molar-refractivity contribution < 1.29 is 14.3 Å². The lowest BCUT2D eigenvalue weighted by Crippen LogP contribution is -2.42. The van der Waals surface area contributed by atoms with E-state index in [-0.39, 0.29) is 11.7 Å². The molecular weight excluding hydrogens is 400 g/mol. The van der Waals surface area contributed by atoms with Crippen LogP contribution in [0.15, 0.2) is 60.0 Å². The van der Waals surface area contributed by atoms with Crippen molar-refractivity contribution in [2.45, 2.75) is 25.9 Å². The molecule has 156 valence electrons. The number of hydrazine groups is 1. The number of nitrogens with one attached hydrogen (secondary N) is 2. The van der Waals surface area contributed by atoms with Gasteiger partial charge in [-0.15, -0.1) is 0 Å². The molecule has 2 aromatic carbocycles. The highest BCUT2D eigenvalue weighted by atomic mass is 32.2. The lowest BCUT2D eigenvalue weighted by molar-refractivity contribution is -0.119. The summed E-state index contributed by atoms with van der Waals surface area (Å²) in [7, 11) is 0. The van der Waals surface area contributed by atoms with Gasteiger partial charge < -0.3 is 4.74 Å². The fourth-order valence-electron chi connectivity index (χ4n) is 2.81. The first-order valence-corrected chi connectivity index (χ1v) is 10.5. The van der Waals surface area contributed by atoms with Crippen molar-refractivity contribution in [2.75, 3.05) is 12.4 Å². The van der Waals surface area contributed by atoms with Crippen LogP contribution >= 0.6 is 11.8 Å². The normalized spacial score (nSPS) is 10.5. The van der Waals surface area contributed by atoms with Crippen LogP contribution in [0, 0.1) is 13.8 Å². The van der Waals surface area contributed by atoms with E-state index in [9.17, 15) is 9.59 Å². The number of hydrogen-bond acceptors (Lipinski definition) is 5. The number of hydrogen-bond donors (Lipinski definition) is 2. The first-order valence-electron chi connectivity index (χ1n) is 9.54. The van der Waals surface area contributed by atoms with E-state index in [1.54, 1.807) is 30.5 Å². The second-order valence-electron chi connectivity index (χ2n) is 6.55. The lowest BCUT2D eigenvalue weighted by atomic mass is 10.1. The summed E-state index contributed by atoms with van der Waals surface area (Å²) >= 11 is 1.30. The number of imidazole rings is 1. The molecule has 0 bridgehead atoms. The highest BCUT2D eigenvalue weighted by Gasteiger charge is 2.12. The van der Waals surface area contributed by atoms with E-state index in [2.05, 4.69) is 35.7 Å². The molecule has 0 aliphatic rings. The highest BCUT2D eigenvalue weighted by molar-refractivity contribution is 7.99. The fraction of sp³-hybridized carbons (Fsp3) is 0.227. The summed E-state index contributed by atoms with van der Waals surface area (Å²) in [6, 6.07) is 12.8. The second-order valence-corrected chi connectivity index (χ2v) is 7.49. The Morgan fingerprint density at radius 1 is 1.10 bits per heavy atom. The number of carbonyl (C=O) groups is 2. The number of rotatable bonds is 7. The van der Waals surface area contributed by atoms with Gasteiger partial charge in [0.15, 0.2) is 5.16 Å². The minimum Gasteiger partial charge on any atom is -0.494 e. The smallest absolute Gasteiger partial charge is 0.269 e. The summed E-state index contributed by atoms with van der Waals surface area (Å²) in [6.07, 6.45) is 3.57. The number of benzene rings is 2. The first kappa shape index (κ1) is 21.4. The third kappa shape index (κ3) is 5.21. The molecule has 2 N–H and O–H groups in total. The van der Waals surface area contributed by atoms with Crippen LogP contribution in [-0.4, -0.2) is 33.7 Å². The van der Waals surface area contributed by atoms with E-state index in [1.165, 1.54) is 17.3 Å². The minimum absolute atomic E-state index is 0.117. The van der Waals surface area contributed by atoms with Crippen LogP contribution in [0.25, 0.3) is 5.69 Å². The summed E-state index contributed by atoms with van der Waals surface area (Å²) in [4.78, 5) is 28.7. The molecule has 0 aliphatic carbocycles. The zero-order valence-corrected chi connectivity index (χ0v) is 18.0. The molecule has 30 heavy (non-hydrogen) atoms. The predicted octanol–water partition coefficient (Wildman–Crippen LogP) is 3.44. The molecule has 0 spiro atoms. The zero-order valence-electron chi connectivity index (χ0n) is 17.1. The third-order valence-electron chi connectivity index (χ3n) is 4.52. The van der Waals surface area contributed by atoms with Crippen molar-refractivity contribution >= 4 is 23.6 Å². The molecule has 0 aliphatic heterocycles. The van der Waals surface area contributed by atoms with E-state index in [4.69, 9.17) is 4.74 Å². The Labute approximate surface area is 179 Å². The Kier molecular flexibility index (Phi) is 7.13. The van der Waals surface area contributed by atoms with E-state index in [0.717, 1.165) is 11.3 Å². The molecule has 2 amide bonds. The van der Waals surface area contributed by atoms with Crippen molar-refractivity contribution in [1.82, 2.24) is 20.4 Å². The van der Waals surface area contributed by atoms with Crippen LogP contribution in [0.4, 0.5) is 0 Å². The molecule has 0 atom stereocenters. The molecule has 8 heteroatoms. The fourth-order valence-corrected chi connectivity index (χ4v) is 3.58. The third-order valence-corrected chi connectivity index (χ3v) is 5.48. The van der Waals surface area contributed by atoms with Crippen LogP contribution in [0.5, 0.6) is 5.75 Å². The topological polar surface area (TPSA) is 85.2 Å². The van der Waals surface area contributed by atoms with Gasteiger partial charge in [0.2, 0.25) is 5.91 Å². The summed E-state index contributed by atoms with van der Waals surface area (Å²) in [5.74, 6) is 0.0859. The van der Waals surface area contributed by atoms with Gasteiger partial charge in [0, 0.05) is 18.0 Å². The average Bonchev–Trinajstić information content (AvgIpc) is 3.21. The first-order chi connectivity index (χ1) is 14.5. The van der Waals surface area contributed by atoms with Crippen LogP contribution in [0.2, 0.25) is 0 Å². The molecule has 3 aromatic rings. The number of carbonyl (C=O) groups excluding carboxylic acids is 2. The molecule has 1 aromatic heterocycles. The number of aryl methyl sites for hydroxylation is 1. The minimum atomic E-state index is -0.395. The quantitative estimate of drug-likeness (QED) is 0.448. The van der Waals surface area contributed by atoms with Crippen LogP contribution in [-0.2, 0) is 4.79 Å². The Bertz CT molecular complexity index is 1030. The summed E-state index contributed by atoms with van der Waals surface area (Å²) in [6.45, 7) is 6.56. The largest absolute Gasteiger partial charge is 0.494 e. The molecule has 0 unspecified atom stereocenters. The van der Waals surface area contributed by atoms with Gasteiger partial charge in [0.1, 0.15) is 5.75 Å². The van der Waals surface area contributed by atoms with Gasteiger partial charge in [-0.2, -0.15) is 0 Å². The van der Waals surface area contributed by atoms with E-state index in [1.807, 2.05) is 29.8 Å². The SMILES string of the molecule is CCOc1ccc(C(=O)NNC(=O)CSc2nccn2-c2cccc(C)c2C)cc1. The Hall–Kier alpha value is -3.26. The zero-order chi connectivity index (χ0) is 21.5. The maximum absolute atomic E-state index is 12.2. The Morgan fingerprint density at radius 2 is 1.87 bits per heavy atom. The van der Waals surface area contributed by atoms with Gasteiger partial charge >= 0.3 is 0 Å². The highest BCUT2D eigenvalue weighted by Crippen LogP contribution is 2.24. The number of aromatic nitrogens is 2. The molecular formula is C22H24N4O3S. The molecule has 0 saturated heterocycles. The van der Waals surface area contributed by atoms with Gasteiger partial charge in [-0.25, -0.2) is 4.98 Å². The molecule has 1 heterocycles. The maximum Gasteiger partial charge on any atom is 0.269 e. The number of ether oxygens (including phenoxy) is 1. The van der Waals surface area contributed by atoms with Crippen LogP contribution in [0.3, 0.4) is 0 Å². The van der Waals surface area contributed by atoms with Gasteiger partial charge in [-0.1, -0.05) is 23.9 Å². The summed E-state index contributed by atoms with van der Waals surface area (Å²) in [5.41, 5.74) is 8.66. The van der Waals surface area contributed by atoms with Gasteiger partial charge in [-0.3, -0.25) is 25.0 Å². The average molecular weight is 425 g/mol.